The SMILES string of the molecule is CCOc1nc(Cl)nc(NC2CCC(OC)C2)n1. The van der Waals surface area contributed by atoms with Crippen molar-refractivity contribution in [2.75, 3.05) is 19.0 Å². The predicted molar refractivity (Wildman–Crippen MR) is 68.1 cm³/mol. The topological polar surface area (TPSA) is 69.2 Å². The van der Waals surface area contributed by atoms with Crippen molar-refractivity contribution in [1.82, 2.24) is 15.0 Å². The Bertz CT molecular complexity index is 405. The van der Waals surface area contributed by atoms with E-state index in [4.69, 9.17) is 21.1 Å². The Labute approximate surface area is 111 Å². The summed E-state index contributed by atoms with van der Waals surface area (Å²) in [4.78, 5) is 12.1. The first-order valence-corrected chi connectivity index (χ1v) is 6.42. The summed E-state index contributed by atoms with van der Waals surface area (Å²) in [7, 11) is 1.74. The lowest BCUT2D eigenvalue weighted by molar-refractivity contribution is 0.108. The molecule has 2 unspecified atom stereocenters. The Hall–Kier alpha value is -1.14. The number of methoxy groups -OCH3 is 1. The van der Waals surface area contributed by atoms with Crippen molar-refractivity contribution in [2.45, 2.75) is 38.3 Å². The molecule has 2 atom stereocenters. The Morgan fingerprint density at radius 1 is 1.33 bits per heavy atom. The molecule has 1 saturated carbocycles. The average Bonchev–Trinajstić information content (AvgIpc) is 2.76. The lowest BCUT2D eigenvalue weighted by atomic mass is 10.2. The molecule has 0 amide bonds. The van der Waals surface area contributed by atoms with Crippen molar-refractivity contribution < 1.29 is 9.47 Å². The van der Waals surface area contributed by atoms with E-state index < -0.39 is 0 Å². The molecular formula is C11H17ClN4O2. The Morgan fingerprint density at radius 2 is 2.17 bits per heavy atom. The monoisotopic (exact) mass is 272 g/mol. The van der Waals surface area contributed by atoms with Gasteiger partial charge in [-0.25, -0.2) is 0 Å². The van der Waals surface area contributed by atoms with E-state index >= 15 is 0 Å². The van der Waals surface area contributed by atoms with Gasteiger partial charge in [0, 0.05) is 13.2 Å². The largest absolute Gasteiger partial charge is 0.464 e. The van der Waals surface area contributed by atoms with Gasteiger partial charge in [0.25, 0.3) is 0 Å². The summed E-state index contributed by atoms with van der Waals surface area (Å²) in [5.41, 5.74) is 0. The molecule has 0 saturated heterocycles. The van der Waals surface area contributed by atoms with Crippen LogP contribution in [0.15, 0.2) is 0 Å². The molecule has 18 heavy (non-hydrogen) atoms. The van der Waals surface area contributed by atoms with Gasteiger partial charge in [0.05, 0.1) is 12.7 Å². The quantitative estimate of drug-likeness (QED) is 0.883. The number of nitrogens with zero attached hydrogens (tertiary/aromatic N) is 3. The first-order chi connectivity index (χ1) is 8.71. The smallest absolute Gasteiger partial charge is 0.322 e. The zero-order chi connectivity index (χ0) is 13.0. The number of anilines is 1. The van der Waals surface area contributed by atoms with E-state index in [1.54, 1.807) is 7.11 Å². The van der Waals surface area contributed by atoms with Crippen LogP contribution in [0, 0.1) is 0 Å². The van der Waals surface area contributed by atoms with Crippen LogP contribution in [0.4, 0.5) is 5.95 Å². The van der Waals surface area contributed by atoms with Crippen LogP contribution in [0.1, 0.15) is 26.2 Å². The van der Waals surface area contributed by atoms with Crippen LogP contribution in [-0.2, 0) is 4.74 Å². The minimum Gasteiger partial charge on any atom is -0.464 e. The van der Waals surface area contributed by atoms with E-state index in [-0.39, 0.29) is 11.3 Å². The number of halogens is 1. The van der Waals surface area contributed by atoms with Crippen molar-refractivity contribution >= 4 is 17.5 Å². The first-order valence-electron chi connectivity index (χ1n) is 6.05. The normalized spacial score (nSPS) is 23.1. The maximum Gasteiger partial charge on any atom is 0.322 e. The van der Waals surface area contributed by atoms with Gasteiger partial charge >= 0.3 is 6.01 Å². The molecule has 100 valence electrons. The molecule has 1 fully saturated rings. The number of nitrogens with one attached hydrogen (secondary N) is 1. The molecule has 0 aliphatic heterocycles. The predicted octanol–water partition coefficient (Wildman–Crippen LogP) is 1.90. The molecular weight excluding hydrogens is 256 g/mol. The lowest BCUT2D eigenvalue weighted by Gasteiger charge is -2.13. The fourth-order valence-electron chi connectivity index (χ4n) is 2.06. The van der Waals surface area contributed by atoms with E-state index in [1.165, 1.54) is 0 Å². The maximum atomic E-state index is 5.82. The van der Waals surface area contributed by atoms with Gasteiger partial charge in [0.15, 0.2) is 0 Å². The van der Waals surface area contributed by atoms with E-state index in [0.717, 1.165) is 19.3 Å². The Kier molecular flexibility index (Phi) is 4.54. The third-order valence-corrected chi connectivity index (χ3v) is 3.08. The fraction of sp³-hybridized carbons (Fsp3) is 0.727. The highest BCUT2D eigenvalue weighted by molar-refractivity contribution is 6.28. The van der Waals surface area contributed by atoms with Crippen LogP contribution in [0.25, 0.3) is 0 Å². The van der Waals surface area contributed by atoms with Gasteiger partial charge in [0.2, 0.25) is 11.2 Å². The second-order valence-electron chi connectivity index (χ2n) is 4.16. The molecule has 1 heterocycles. The minimum absolute atomic E-state index is 0.136. The van der Waals surface area contributed by atoms with Crippen molar-refractivity contribution in [1.29, 1.82) is 0 Å². The highest BCUT2D eigenvalue weighted by Gasteiger charge is 2.25. The van der Waals surface area contributed by atoms with Crippen LogP contribution >= 0.6 is 11.6 Å². The highest BCUT2D eigenvalue weighted by Crippen LogP contribution is 2.24. The molecule has 1 aromatic heterocycles. The third kappa shape index (κ3) is 3.43. The number of ether oxygens (including phenoxy) is 2. The van der Waals surface area contributed by atoms with Crippen LogP contribution in [0.2, 0.25) is 5.28 Å². The molecule has 0 radical (unpaired) electrons. The summed E-state index contributed by atoms with van der Waals surface area (Å²) >= 11 is 5.82. The van der Waals surface area contributed by atoms with Gasteiger partial charge in [0.1, 0.15) is 0 Å². The second-order valence-corrected chi connectivity index (χ2v) is 4.49. The number of hydrogen-bond acceptors (Lipinski definition) is 6. The molecule has 0 bridgehead atoms. The standard InChI is InChI=1S/C11H17ClN4O2/c1-3-18-11-15-9(12)14-10(16-11)13-7-4-5-8(6-7)17-2/h7-8H,3-6H2,1-2H3,(H,13,14,15,16). The maximum absolute atomic E-state index is 5.82. The first kappa shape index (κ1) is 13.3. The van der Waals surface area contributed by atoms with Gasteiger partial charge in [-0.2, -0.15) is 15.0 Å². The third-order valence-electron chi connectivity index (χ3n) is 2.91. The Morgan fingerprint density at radius 3 is 2.83 bits per heavy atom. The van der Waals surface area contributed by atoms with Crippen LogP contribution < -0.4 is 10.1 Å². The van der Waals surface area contributed by atoms with Crippen molar-refractivity contribution in [3.63, 3.8) is 0 Å². The van der Waals surface area contributed by atoms with Crippen molar-refractivity contribution in [3.8, 4) is 6.01 Å². The van der Waals surface area contributed by atoms with Crippen LogP contribution in [0.3, 0.4) is 0 Å². The molecule has 1 aliphatic rings. The van der Waals surface area contributed by atoms with E-state index in [0.29, 0.717) is 24.7 Å². The fourth-order valence-corrected chi connectivity index (χ4v) is 2.21. The van der Waals surface area contributed by atoms with Gasteiger partial charge in [-0.1, -0.05) is 0 Å². The number of rotatable bonds is 5. The summed E-state index contributed by atoms with van der Waals surface area (Å²) in [6.07, 6.45) is 3.34. The van der Waals surface area contributed by atoms with Gasteiger partial charge in [-0.05, 0) is 37.8 Å². The average molecular weight is 273 g/mol. The van der Waals surface area contributed by atoms with E-state index in [9.17, 15) is 0 Å². The van der Waals surface area contributed by atoms with Crippen molar-refractivity contribution in [2.24, 2.45) is 0 Å². The molecule has 1 N–H and O–H groups in total. The molecule has 2 rings (SSSR count). The molecule has 7 heteroatoms. The number of aromatic nitrogens is 3. The van der Waals surface area contributed by atoms with Gasteiger partial charge in [-0.3, -0.25) is 0 Å². The van der Waals surface area contributed by atoms with Gasteiger partial charge < -0.3 is 14.8 Å². The summed E-state index contributed by atoms with van der Waals surface area (Å²) in [5.74, 6) is 0.459. The summed E-state index contributed by atoms with van der Waals surface area (Å²) in [5, 5.41) is 3.37. The molecule has 0 aromatic carbocycles. The van der Waals surface area contributed by atoms with Crippen LogP contribution in [0.5, 0.6) is 6.01 Å². The van der Waals surface area contributed by atoms with E-state index in [2.05, 4.69) is 20.3 Å². The lowest BCUT2D eigenvalue weighted by Crippen LogP contribution is -2.19. The zero-order valence-corrected chi connectivity index (χ0v) is 11.3. The van der Waals surface area contributed by atoms with Crippen LogP contribution in [-0.4, -0.2) is 40.8 Å². The molecule has 1 aromatic rings. The summed E-state index contributed by atoms with van der Waals surface area (Å²) in [6.45, 7) is 2.36. The summed E-state index contributed by atoms with van der Waals surface area (Å²) < 4.78 is 10.5. The van der Waals surface area contributed by atoms with Gasteiger partial charge in [-0.15, -0.1) is 0 Å². The molecule has 6 nitrogen and oxygen atoms in total. The van der Waals surface area contributed by atoms with E-state index in [1.807, 2.05) is 6.92 Å². The number of hydrogen-bond donors (Lipinski definition) is 1. The second kappa shape index (κ2) is 6.15. The Balaban J connectivity index is 2.00. The highest BCUT2D eigenvalue weighted by atomic mass is 35.5. The molecule has 1 aliphatic carbocycles. The minimum atomic E-state index is 0.136. The summed E-state index contributed by atoms with van der Waals surface area (Å²) in [6, 6.07) is 0.559. The molecule has 0 spiro atoms. The zero-order valence-electron chi connectivity index (χ0n) is 10.5. The van der Waals surface area contributed by atoms with Crippen molar-refractivity contribution in [3.05, 3.63) is 5.28 Å².